The molecule has 4 rings (SSSR count). The average molecular weight is 490 g/mol. The Bertz CT molecular complexity index is 1290. The predicted octanol–water partition coefficient (Wildman–Crippen LogP) is 3.49. The highest BCUT2D eigenvalue weighted by Crippen LogP contribution is 2.31. The van der Waals surface area contributed by atoms with Crippen LogP contribution in [0.3, 0.4) is 0 Å². The van der Waals surface area contributed by atoms with Crippen LogP contribution in [0.2, 0.25) is 0 Å². The molecule has 8 heteroatoms. The summed E-state index contributed by atoms with van der Waals surface area (Å²) in [6.45, 7) is 13.4. The molecule has 2 aromatic heterocycles. The highest BCUT2D eigenvalue weighted by Gasteiger charge is 2.18. The van der Waals surface area contributed by atoms with Gasteiger partial charge in [-0.05, 0) is 76.1 Å². The predicted molar refractivity (Wildman–Crippen MR) is 143 cm³/mol. The number of benzene rings is 1. The van der Waals surface area contributed by atoms with Gasteiger partial charge in [0, 0.05) is 66.9 Å². The largest absolute Gasteiger partial charge is 0.491 e. The lowest BCUT2D eigenvalue weighted by Crippen LogP contribution is -2.43. The molecule has 0 saturated carbocycles. The average Bonchev–Trinajstić information content (AvgIpc) is 2.85. The highest BCUT2D eigenvalue weighted by molar-refractivity contribution is 5.97. The third-order valence-electron chi connectivity index (χ3n) is 6.41. The zero-order valence-corrected chi connectivity index (χ0v) is 21.7. The summed E-state index contributed by atoms with van der Waals surface area (Å²) < 4.78 is 6.06. The number of anilines is 1. The number of piperazine rings is 1. The lowest BCUT2D eigenvalue weighted by molar-refractivity contribution is 0.0949. The van der Waals surface area contributed by atoms with Crippen molar-refractivity contribution in [3.63, 3.8) is 0 Å². The minimum Gasteiger partial charge on any atom is -0.491 e. The van der Waals surface area contributed by atoms with Crippen molar-refractivity contribution in [2.24, 2.45) is 0 Å². The van der Waals surface area contributed by atoms with Crippen LogP contribution in [-0.2, 0) is 6.54 Å². The molecule has 3 aromatic rings. The molecule has 1 saturated heterocycles. The van der Waals surface area contributed by atoms with Gasteiger partial charge in [-0.2, -0.15) is 0 Å². The Morgan fingerprint density at radius 1 is 1.11 bits per heavy atom. The molecule has 36 heavy (non-hydrogen) atoms. The Labute approximate surface area is 212 Å². The molecule has 1 fully saturated rings. The first-order chi connectivity index (χ1) is 17.2. The number of aryl methyl sites for hydroxylation is 2. The molecule has 3 heterocycles. The maximum atomic E-state index is 13.3. The molecule has 0 radical (unpaired) electrons. The molecular weight excluding hydrogens is 454 g/mol. The van der Waals surface area contributed by atoms with E-state index >= 15 is 0 Å². The maximum absolute atomic E-state index is 13.3. The minimum atomic E-state index is -0.257. The minimum absolute atomic E-state index is 0.0446. The van der Waals surface area contributed by atoms with Crippen molar-refractivity contribution in [3.05, 3.63) is 74.8 Å². The van der Waals surface area contributed by atoms with Crippen LogP contribution in [0.25, 0.3) is 11.1 Å². The van der Waals surface area contributed by atoms with Gasteiger partial charge in [-0.1, -0.05) is 0 Å². The van der Waals surface area contributed by atoms with Gasteiger partial charge in [0.1, 0.15) is 11.6 Å². The van der Waals surface area contributed by atoms with Crippen molar-refractivity contribution in [1.82, 2.24) is 20.6 Å². The van der Waals surface area contributed by atoms with Gasteiger partial charge in [0.15, 0.2) is 0 Å². The normalized spacial score (nSPS) is 13.7. The molecule has 1 aliphatic heterocycles. The first-order valence-corrected chi connectivity index (χ1v) is 12.4. The number of pyridine rings is 2. The molecule has 190 valence electrons. The first-order valence-electron chi connectivity index (χ1n) is 12.4. The molecule has 8 nitrogen and oxygen atoms in total. The van der Waals surface area contributed by atoms with Gasteiger partial charge < -0.3 is 25.3 Å². The number of H-pyrrole nitrogens is 1. The summed E-state index contributed by atoms with van der Waals surface area (Å²) in [6.07, 6.45) is 1.80. The van der Waals surface area contributed by atoms with Gasteiger partial charge in [0.05, 0.1) is 6.10 Å². The number of hydrogen-bond acceptors (Lipinski definition) is 6. The fourth-order valence-corrected chi connectivity index (χ4v) is 4.47. The number of amides is 1. The molecule has 1 aliphatic rings. The number of hydrogen-bond donors (Lipinski definition) is 3. The van der Waals surface area contributed by atoms with Crippen LogP contribution in [0.5, 0.6) is 5.75 Å². The molecule has 0 aliphatic carbocycles. The topological polar surface area (TPSA) is 99.3 Å². The second-order valence-electron chi connectivity index (χ2n) is 9.58. The molecule has 1 aromatic carbocycles. The van der Waals surface area contributed by atoms with Gasteiger partial charge in [-0.15, -0.1) is 0 Å². The number of ether oxygens (including phenoxy) is 1. The second-order valence-corrected chi connectivity index (χ2v) is 9.58. The lowest BCUT2D eigenvalue weighted by Gasteiger charge is -2.28. The molecular formula is C28H35N5O3. The standard InChI is InChI=1S/C28H35N5O3/c1-17(2)36-25-14-22(21-6-7-26(30-15-21)33-10-8-29-9-11-33)13-23(20(25)5)27(34)31-16-24-18(3)12-19(4)32-28(24)35/h6-7,12-15,17,29H,8-11,16H2,1-5H3,(H,31,34)(H,32,35). The second kappa shape index (κ2) is 11.0. The fraction of sp³-hybridized carbons (Fsp3) is 0.393. The summed E-state index contributed by atoms with van der Waals surface area (Å²) in [7, 11) is 0. The van der Waals surface area contributed by atoms with Gasteiger partial charge in [-0.25, -0.2) is 4.98 Å². The molecule has 1 amide bonds. The Kier molecular flexibility index (Phi) is 7.74. The van der Waals surface area contributed by atoms with E-state index in [0.717, 1.165) is 59.9 Å². The summed E-state index contributed by atoms with van der Waals surface area (Å²) in [5, 5.41) is 6.28. The number of carbonyl (C=O) groups excluding carboxylic acids is 1. The summed E-state index contributed by atoms with van der Waals surface area (Å²) in [5.41, 5.74) is 5.03. The molecule has 0 spiro atoms. The Morgan fingerprint density at radius 2 is 1.86 bits per heavy atom. The van der Waals surface area contributed by atoms with Gasteiger partial charge >= 0.3 is 0 Å². The van der Waals surface area contributed by atoms with Crippen molar-refractivity contribution in [3.8, 4) is 16.9 Å². The van der Waals surface area contributed by atoms with Crippen LogP contribution < -0.4 is 25.8 Å². The summed E-state index contributed by atoms with van der Waals surface area (Å²) >= 11 is 0. The zero-order chi connectivity index (χ0) is 25.8. The van der Waals surface area contributed by atoms with E-state index in [9.17, 15) is 9.59 Å². The number of rotatable bonds is 7. The van der Waals surface area contributed by atoms with Crippen molar-refractivity contribution in [2.75, 3.05) is 31.1 Å². The molecule has 0 atom stereocenters. The molecule has 3 N–H and O–H groups in total. The Morgan fingerprint density at radius 3 is 2.50 bits per heavy atom. The smallest absolute Gasteiger partial charge is 0.253 e. The van der Waals surface area contributed by atoms with Crippen LogP contribution in [0.4, 0.5) is 5.82 Å². The van der Waals surface area contributed by atoms with E-state index in [1.807, 2.05) is 71.1 Å². The van der Waals surface area contributed by atoms with E-state index < -0.39 is 0 Å². The van der Waals surface area contributed by atoms with E-state index in [-0.39, 0.29) is 24.1 Å². The summed E-state index contributed by atoms with van der Waals surface area (Å²) in [4.78, 5) is 35.4. The third-order valence-corrected chi connectivity index (χ3v) is 6.41. The van der Waals surface area contributed by atoms with Crippen LogP contribution >= 0.6 is 0 Å². The number of nitrogens with one attached hydrogen (secondary N) is 3. The fourth-order valence-electron chi connectivity index (χ4n) is 4.47. The van der Waals surface area contributed by atoms with Gasteiger partial charge in [-0.3, -0.25) is 9.59 Å². The van der Waals surface area contributed by atoms with Gasteiger partial charge in [0.25, 0.3) is 11.5 Å². The quantitative estimate of drug-likeness (QED) is 0.470. The van der Waals surface area contributed by atoms with E-state index in [1.165, 1.54) is 0 Å². The molecule has 0 unspecified atom stereocenters. The lowest BCUT2D eigenvalue weighted by atomic mass is 9.98. The summed E-state index contributed by atoms with van der Waals surface area (Å²) in [5.74, 6) is 1.35. The van der Waals surface area contributed by atoms with Crippen LogP contribution in [-0.4, -0.2) is 48.2 Å². The number of carbonyl (C=O) groups is 1. The van der Waals surface area contributed by atoms with E-state index in [1.54, 1.807) is 0 Å². The monoisotopic (exact) mass is 489 g/mol. The maximum Gasteiger partial charge on any atom is 0.253 e. The number of aromatic amines is 1. The summed E-state index contributed by atoms with van der Waals surface area (Å²) in [6, 6.07) is 9.79. The third kappa shape index (κ3) is 5.76. The van der Waals surface area contributed by atoms with Crippen molar-refractivity contribution >= 4 is 11.7 Å². The van der Waals surface area contributed by atoms with Crippen LogP contribution in [0.1, 0.15) is 46.6 Å². The van der Waals surface area contributed by atoms with Gasteiger partial charge in [0.2, 0.25) is 0 Å². The number of nitrogens with zero attached hydrogens (tertiary/aromatic N) is 2. The van der Waals surface area contributed by atoms with E-state index in [4.69, 9.17) is 4.74 Å². The van der Waals surface area contributed by atoms with E-state index in [0.29, 0.717) is 16.9 Å². The zero-order valence-electron chi connectivity index (χ0n) is 21.7. The van der Waals surface area contributed by atoms with Crippen molar-refractivity contribution in [1.29, 1.82) is 0 Å². The van der Waals surface area contributed by atoms with Crippen molar-refractivity contribution in [2.45, 2.75) is 47.3 Å². The van der Waals surface area contributed by atoms with Crippen LogP contribution in [0.15, 0.2) is 41.3 Å². The Balaban J connectivity index is 1.63. The highest BCUT2D eigenvalue weighted by atomic mass is 16.5. The van der Waals surface area contributed by atoms with Crippen molar-refractivity contribution < 1.29 is 9.53 Å². The number of aromatic nitrogens is 2. The first kappa shape index (κ1) is 25.4. The molecule has 0 bridgehead atoms. The van der Waals surface area contributed by atoms with E-state index in [2.05, 4.69) is 25.5 Å². The SMILES string of the molecule is Cc1cc(C)c(CNC(=O)c2cc(-c3ccc(N4CCNCC4)nc3)cc(OC(C)C)c2C)c(=O)[nH]1. The van der Waals surface area contributed by atoms with Crippen LogP contribution in [0, 0.1) is 20.8 Å². The Hall–Kier alpha value is -3.65.